The number of nitrogens with zero attached hydrogens (tertiary/aromatic N) is 2. The van der Waals surface area contributed by atoms with E-state index in [-0.39, 0.29) is 18.0 Å². The van der Waals surface area contributed by atoms with Gasteiger partial charge in [-0.1, -0.05) is 0 Å². The van der Waals surface area contributed by atoms with Crippen molar-refractivity contribution >= 4 is 29.3 Å². The Kier molecular flexibility index (Phi) is 5.08. The molecule has 0 radical (unpaired) electrons. The van der Waals surface area contributed by atoms with Crippen molar-refractivity contribution < 1.29 is 14.3 Å². The average molecular weight is 341 g/mol. The number of hydrogen-bond acceptors (Lipinski definition) is 6. The lowest BCUT2D eigenvalue weighted by molar-refractivity contribution is 0.0526. The quantitative estimate of drug-likeness (QED) is 0.698. The van der Waals surface area contributed by atoms with Crippen LogP contribution in [0, 0.1) is 0 Å². The van der Waals surface area contributed by atoms with Crippen LogP contribution in [0.15, 0.2) is 36.4 Å². The van der Waals surface area contributed by atoms with Crippen molar-refractivity contribution in [2.45, 2.75) is 25.8 Å². The van der Waals surface area contributed by atoms with Gasteiger partial charge in [0.1, 0.15) is 0 Å². The third kappa shape index (κ3) is 4.90. The molecule has 8 heteroatoms. The summed E-state index contributed by atoms with van der Waals surface area (Å²) in [5.41, 5.74) is 1.24. The van der Waals surface area contributed by atoms with Crippen LogP contribution in [0.4, 0.5) is 22.1 Å². The lowest BCUT2D eigenvalue weighted by Crippen LogP contribution is -2.30. The molecule has 1 aliphatic carbocycles. The average Bonchev–Trinajstić information content (AvgIpc) is 3.41. The third-order valence-electron chi connectivity index (χ3n) is 3.49. The van der Waals surface area contributed by atoms with Gasteiger partial charge in [0.25, 0.3) is 0 Å². The Morgan fingerprint density at radius 1 is 1.08 bits per heavy atom. The van der Waals surface area contributed by atoms with Crippen LogP contribution in [-0.2, 0) is 4.74 Å². The first-order valence-electron chi connectivity index (χ1n) is 8.09. The third-order valence-corrected chi connectivity index (χ3v) is 3.49. The van der Waals surface area contributed by atoms with Crippen LogP contribution in [0.1, 0.15) is 30.1 Å². The summed E-state index contributed by atoms with van der Waals surface area (Å²) in [6, 6.07) is 10.2. The SMILES string of the molecule is CCOC(=O)c1ccc(Nc2ccc(NC(=O)NC3CC3)nn2)cc1. The first kappa shape index (κ1) is 16.7. The largest absolute Gasteiger partial charge is 0.462 e. The van der Waals surface area contributed by atoms with Gasteiger partial charge in [0.2, 0.25) is 0 Å². The molecule has 1 heterocycles. The van der Waals surface area contributed by atoms with Crippen molar-refractivity contribution in [1.82, 2.24) is 15.5 Å². The molecule has 0 bridgehead atoms. The first-order valence-corrected chi connectivity index (χ1v) is 8.09. The topological polar surface area (TPSA) is 105 Å². The number of urea groups is 1. The highest BCUT2D eigenvalue weighted by Crippen LogP contribution is 2.19. The Morgan fingerprint density at radius 2 is 1.76 bits per heavy atom. The number of anilines is 3. The van der Waals surface area contributed by atoms with Crippen LogP contribution in [0.25, 0.3) is 0 Å². The Morgan fingerprint density at radius 3 is 2.36 bits per heavy atom. The molecule has 130 valence electrons. The van der Waals surface area contributed by atoms with E-state index in [1.165, 1.54) is 0 Å². The molecule has 2 amide bonds. The number of hydrogen-bond donors (Lipinski definition) is 3. The van der Waals surface area contributed by atoms with Crippen molar-refractivity contribution in [2.75, 3.05) is 17.2 Å². The number of nitrogens with one attached hydrogen (secondary N) is 3. The van der Waals surface area contributed by atoms with Crippen LogP contribution >= 0.6 is 0 Å². The van der Waals surface area contributed by atoms with E-state index in [1.807, 2.05) is 0 Å². The van der Waals surface area contributed by atoms with Gasteiger partial charge in [-0.05, 0) is 56.2 Å². The molecule has 3 rings (SSSR count). The lowest BCUT2D eigenvalue weighted by Gasteiger charge is -2.08. The van der Waals surface area contributed by atoms with Gasteiger partial charge in [0, 0.05) is 11.7 Å². The molecule has 0 saturated heterocycles. The minimum atomic E-state index is -0.353. The van der Waals surface area contributed by atoms with Gasteiger partial charge in [-0.25, -0.2) is 9.59 Å². The molecule has 3 N–H and O–H groups in total. The predicted octanol–water partition coefficient (Wildman–Crippen LogP) is 2.68. The normalized spacial score (nSPS) is 13.0. The Bertz CT molecular complexity index is 742. The van der Waals surface area contributed by atoms with Crippen molar-refractivity contribution in [1.29, 1.82) is 0 Å². The summed E-state index contributed by atoms with van der Waals surface area (Å²) in [6.07, 6.45) is 2.05. The van der Waals surface area contributed by atoms with E-state index in [2.05, 4.69) is 26.1 Å². The zero-order valence-corrected chi connectivity index (χ0v) is 13.8. The van der Waals surface area contributed by atoms with Gasteiger partial charge in [-0.15, -0.1) is 10.2 Å². The summed E-state index contributed by atoms with van der Waals surface area (Å²) in [7, 11) is 0. The lowest BCUT2D eigenvalue weighted by atomic mass is 10.2. The van der Waals surface area contributed by atoms with E-state index < -0.39 is 0 Å². The van der Waals surface area contributed by atoms with Gasteiger partial charge >= 0.3 is 12.0 Å². The molecule has 0 atom stereocenters. The monoisotopic (exact) mass is 341 g/mol. The fourth-order valence-electron chi connectivity index (χ4n) is 2.08. The van der Waals surface area contributed by atoms with Crippen molar-refractivity contribution in [3.63, 3.8) is 0 Å². The number of amides is 2. The molecule has 0 spiro atoms. The number of ether oxygens (including phenoxy) is 1. The highest BCUT2D eigenvalue weighted by Gasteiger charge is 2.23. The van der Waals surface area contributed by atoms with Gasteiger partial charge in [0.05, 0.1) is 12.2 Å². The summed E-state index contributed by atoms with van der Waals surface area (Å²) in [4.78, 5) is 23.2. The number of carbonyl (C=O) groups is 2. The van der Waals surface area contributed by atoms with E-state index in [4.69, 9.17) is 4.74 Å². The van der Waals surface area contributed by atoms with Crippen LogP contribution in [0.3, 0.4) is 0 Å². The number of esters is 1. The molecule has 0 unspecified atom stereocenters. The van der Waals surface area contributed by atoms with Crippen LogP contribution in [0.2, 0.25) is 0 Å². The predicted molar refractivity (Wildman–Crippen MR) is 92.9 cm³/mol. The molecule has 8 nitrogen and oxygen atoms in total. The fourth-order valence-corrected chi connectivity index (χ4v) is 2.08. The van der Waals surface area contributed by atoms with E-state index in [0.717, 1.165) is 18.5 Å². The first-order chi connectivity index (χ1) is 12.1. The van der Waals surface area contributed by atoms with Crippen molar-refractivity contribution in [3.8, 4) is 0 Å². The van der Waals surface area contributed by atoms with Gasteiger partial charge < -0.3 is 15.4 Å². The number of aromatic nitrogens is 2. The Hall–Kier alpha value is -3.16. The van der Waals surface area contributed by atoms with Crippen LogP contribution in [-0.4, -0.2) is 34.8 Å². The molecular weight excluding hydrogens is 322 g/mol. The number of carbonyl (C=O) groups excluding carboxylic acids is 2. The molecule has 0 aliphatic heterocycles. The van der Waals surface area contributed by atoms with E-state index in [0.29, 0.717) is 23.8 Å². The summed E-state index contributed by atoms with van der Waals surface area (Å²) in [6.45, 7) is 2.11. The minimum absolute atomic E-state index is 0.271. The molecule has 1 aromatic heterocycles. The van der Waals surface area contributed by atoms with E-state index in [9.17, 15) is 9.59 Å². The minimum Gasteiger partial charge on any atom is -0.462 e. The summed E-state index contributed by atoms with van der Waals surface area (Å²) >= 11 is 0. The summed E-state index contributed by atoms with van der Waals surface area (Å²) < 4.78 is 4.94. The van der Waals surface area contributed by atoms with Crippen LogP contribution in [0.5, 0.6) is 0 Å². The highest BCUT2D eigenvalue weighted by atomic mass is 16.5. The summed E-state index contributed by atoms with van der Waals surface area (Å²) in [5, 5.41) is 16.5. The van der Waals surface area contributed by atoms with E-state index >= 15 is 0 Å². The zero-order valence-electron chi connectivity index (χ0n) is 13.8. The number of rotatable bonds is 6. The molecule has 25 heavy (non-hydrogen) atoms. The highest BCUT2D eigenvalue weighted by molar-refractivity contribution is 5.90. The van der Waals surface area contributed by atoms with E-state index in [1.54, 1.807) is 43.3 Å². The fraction of sp³-hybridized carbons (Fsp3) is 0.294. The zero-order chi connectivity index (χ0) is 17.6. The van der Waals surface area contributed by atoms with Crippen molar-refractivity contribution in [2.24, 2.45) is 0 Å². The maximum absolute atomic E-state index is 11.6. The molecule has 1 saturated carbocycles. The second-order valence-electron chi connectivity index (χ2n) is 5.60. The molecular formula is C17H19N5O3. The standard InChI is InChI=1S/C17H19N5O3/c1-2-25-16(23)11-3-5-12(6-4-11)18-14-9-10-15(22-21-14)20-17(24)19-13-7-8-13/h3-6,9-10,13H,2,7-8H2,1H3,(H,18,21)(H2,19,20,22,24). The molecule has 2 aromatic rings. The van der Waals surface area contributed by atoms with Gasteiger partial charge in [-0.2, -0.15) is 0 Å². The molecule has 1 aromatic carbocycles. The van der Waals surface area contributed by atoms with Crippen LogP contribution < -0.4 is 16.0 Å². The second kappa shape index (κ2) is 7.61. The Labute approximate surface area is 145 Å². The maximum atomic E-state index is 11.6. The molecule has 1 aliphatic rings. The Balaban J connectivity index is 1.55. The van der Waals surface area contributed by atoms with Gasteiger partial charge in [-0.3, -0.25) is 5.32 Å². The summed E-state index contributed by atoms with van der Waals surface area (Å²) in [5.74, 6) is 0.548. The molecule has 1 fully saturated rings. The second-order valence-corrected chi connectivity index (χ2v) is 5.60. The smallest absolute Gasteiger partial charge is 0.338 e. The maximum Gasteiger partial charge on any atom is 0.338 e. The number of benzene rings is 1. The van der Waals surface area contributed by atoms with Gasteiger partial charge in [0.15, 0.2) is 11.6 Å². The van der Waals surface area contributed by atoms with Crippen molar-refractivity contribution in [3.05, 3.63) is 42.0 Å².